The molecule has 1 unspecified atom stereocenters. The molecule has 1 heterocycles. The van der Waals surface area contributed by atoms with Crippen molar-refractivity contribution in [3.05, 3.63) is 40.4 Å². The maximum absolute atomic E-state index is 11.8. The highest BCUT2D eigenvalue weighted by Crippen LogP contribution is 2.30. The predicted molar refractivity (Wildman–Crippen MR) is 66.8 cm³/mol. The SMILES string of the molecule is CC(C)(C)C(O)c1nc2ccccc2c(=O)[nH]1. The first kappa shape index (κ1) is 11.8. The van der Waals surface area contributed by atoms with Gasteiger partial charge in [0.05, 0.1) is 10.9 Å². The quantitative estimate of drug-likeness (QED) is 0.790. The summed E-state index contributed by atoms with van der Waals surface area (Å²) in [5, 5.41) is 10.6. The minimum atomic E-state index is -0.792. The molecule has 1 aromatic carbocycles. The summed E-state index contributed by atoms with van der Waals surface area (Å²) in [7, 11) is 0. The van der Waals surface area contributed by atoms with Gasteiger partial charge in [-0.15, -0.1) is 0 Å². The van der Waals surface area contributed by atoms with Crippen molar-refractivity contribution in [3.63, 3.8) is 0 Å². The number of rotatable bonds is 1. The Labute approximate surface area is 99.3 Å². The van der Waals surface area contributed by atoms with E-state index in [0.29, 0.717) is 16.7 Å². The molecule has 0 amide bonds. The Morgan fingerprint density at radius 1 is 1.29 bits per heavy atom. The van der Waals surface area contributed by atoms with Crippen LogP contribution in [0.25, 0.3) is 10.9 Å². The van der Waals surface area contributed by atoms with Crippen molar-refractivity contribution in [3.8, 4) is 0 Å². The second-order valence-electron chi connectivity index (χ2n) is 5.24. The van der Waals surface area contributed by atoms with E-state index >= 15 is 0 Å². The fourth-order valence-corrected chi connectivity index (χ4v) is 1.64. The number of benzene rings is 1. The topological polar surface area (TPSA) is 66.0 Å². The Kier molecular flexibility index (Phi) is 2.75. The third-order valence-electron chi connectivity index (χ3n) is 2.71. The van der Waals surface area contributed by atoms with Crippen molar-refractivity contribution in [1.29, 1.82) is 0 Å². The predicted octanol–water partition coefficient (Wildman–Crippen LogP) is 2.00. The Morgan fingerprint density at radius 3 is 2.59 bits per heavy atom. The summed E-state index contributed by atoms with van der Waals surface area (Å²) in [4.78, 5) is 18.8. The summed E-state index contributed by atoms with van der Waals surface area (Å²) in [6, 6.07) is 7.10. The number of nitrogens with one attached hydrogen (secondary N) is 1. The van der Waals surface area contributed by atoms with Crippen molar-refractivity contribution < 1.29 is 5.11 Å². The summed E-state index contributed by atoms with van der Waals surface area (Å²) < 4.78 is 0. The molecule has 0 aliphatic rings. The summed E-state index contributed by atoms with van der Waals surface area (Å²) >= 11 is 0. The summed E-state index contributed by atoms with van der Waals surface area (Å²) in [6.07, 6.45) is -0.792. The number of aliphatic hydroxyl groups excluding tert-OH is 1. The number of aromatic nitrogens is 2. The largest absolute Gasteiger partial charge is 0.385 e. The van der Waals surface area contributed by atoms with Crippen LogP contribution in [0.2, 0.25) is 0 Å². The monoisotopic (exact) mass is 232 g/mol. The first-order valence-electron chi connectivity index (χ1n) is 5.56. The van der Waals surface area contributed by atoms with Gasteiger partial charge in [-0.1, -0.05) is 32.9 Å². The van der Waals surface area contributed by atoms with Crippen LogP contribution in [0.3, 0.4) is 0 Å². The average molecular weight is 232 g/mol. The van der Waals surface area contributed by atoms with Crippen LogP contribution in [0.15, 0.2) is 29.1 Å². The molecule has 0 aliphatic heterocycles. The lowest BCUT2D eigenvalue weighted by atomic mass is 9.88. The number of fused-ring (bicyclic) bond motifs is 1. The zero-order valence-electron chi connectivity index (χ0n) is 10.2. The number of hydrogen-bond acceptors (Lipinski definition) is 3. The number of hydrogen-bond donors (Lipinski definition) is 2. The van der Waals surface area contributed by atoms with Crippen LogP contribution in [0, 0.1) is 5.41 Å². The van der Waals surface area contributed by atoms with Crippen LogP contribution in [0.1, 0.15) is 32.7 Å². The van der Waals surface area contributed by atoms with Gasteiger partial charge in [0, 0.05) is 0 Å². The molecule has 0 aliphatic carbocycles. The van der Waals surface area contributed by atoms with E-state index in [1.165, 1.54) is 0 Å². The van der Waals surface area contributed by atoms with E-state index in [4.69, 9.17) is 0 Å². The fourth-order valence-electron chi connectivity index (χ4n) is 1.64. The highest BCUT2D eigenvalue weighted by atomic mass is 16.3. The molecule has 17 heavy (non-hydrogen) atoms. The Morgan fingerprint density at radius 2 is 1.94 bits per heavy atom. The van der Waals surface area contributed by atoms with Crippen LogP contribution in [0.4, 0.5) is 0 Å². The molecule has 0 spiro atoms. The van der Waals surface area contributed by atoms with Gasteiger partial charge in [0.2, 0.25) is 0 Å². The van der Waals surface area contributed by atoms with Gasteiger partial charge in [-0.05, 0) is 17.5 Å². The first-order valence-corrected chi connectivity index (χ1v) is 5.56. The normalized spacial score (nSPS) is 13.9. The first-order chi connectivity index (χ1) is 7.89. The minimum Gasteiger partial charge on any atom is -0.385 e. The maximum atomic E-state index is 11.8. The molecule has 4 heteroatoms. The number of nitrogens with zero attached hydrogens (tertiary/aromatic N) is 1. The van der Waals surface area contributed by atoms with E-state index in [-0.39, 0.29) is 11.0 Å². The molecule has 0 radical (unpaired) electrons. The van der Waals surface area contributed by atoms with Gasteiger partial charge in [-0.3, -0.25) is 4.79 Å². The van der Waals surface area contributed by atoms with E-state index in [0.717, 1.165) is 0 Å². The van der Waals surface area contributed by atoms with E-state index < -0.39 is 6.10 Å². The third kappa shape index (κ3) is 2.22. The molecule has 0 fully saturated rings. The smallest absolute Gasteiger partial charge is 0.258 e. The molecular weight excluding hydrogens is 216 g/mol. The molecule has 0 saturated carbocycles. The summed E-state index contributed by atoms with van der Waals surface area (Å²) in [5.41, 5.74) is 0.0294. The van der Waals surface area contributed by atoms with Gasteiger partial charge in [-0.2, -0.15) is 0 Å². The Bertz CT molecular complexity index is 596. The molecule has 2 aromatic rings. The van der Waals surface area contributed by atoms with E-state index in [1.807, 2.05) is 26.8 Å². The zero-order chi connectivity index (χ0) is 12.6. The standard InChI is InChI=1S/C13H16N2O2/c1-13(2,3)10(16)11-14-9-7-5-4-6-8(9)12(17)15-11/h4-7,10,16H,1-3H3,(H,14,15,17). The third-order valence-corrected chi connectivity index (χ3v) is 2.71. The summed E-state index contributed by atoms with van der Waals surface area (Å²) in [5.74, 6) is 0.321. The second kappa shape index (κ2) is 3.96. The molecule has 0 bridgehead atoms. The van der Waals surface area contributed by atoms with E-state index in [2.05, 4.69) is 9.97 Å². The summed E-state index contributed by atoms with van der Waals surface area (Å²) in [6.45, 7) is 5.69. The molecule has 90 valence electrons. The number of aliphatic hydroxyl groups is 1. The Balaban J connectivity index is 2.62. The highest BCUT2D eigenvalue weighted by Gasteiger charge is 2.26. The molecule has 4 nitrogen and oxygen atoms in total. The lowest BCUT2D eigenvalue weighted by Gasteiger charge is -2.24. The molecule has 2 N–H and O–H groups in total. The van der Waals surface area contributed by atoms with Crippen LogP contribution in [-0.2, 0) is 0 Å². The lowest BCUT2D eigenvalue weighted by molar-refractivity contribution is 0.0550. The van der Waals surface area contributed by atoms with Gasteiger partial charge in [0.25, 0.3) is 5.56 Å². The minimum absolute atomic E-state index is 0.214. The van der Waals surface area contributed by atoms with Crippen molar-refractivity contribution in [2.75, 3.05) is 0 Å². The van der Waals surface area contributed by atoms with Gasteiger partial charge in [-0.25, -0.2) is 4.98 Å². The van der Waals surface area contributed by atoms with Gasteiger partial charge < -0.3 is 10.1 Å². The van der Waals surface area contributed by atoms with Gasteiger partial charge in [0.1, 0.15) is 11.9 Å². The van der Waals surface area contributed by atoms with Gasteiger partial charge in [0.15, 0.2) is 0 Å². The van der Waals surface area contributed by atoms with Crippen LogP contribution in [0.5, 0.6) is 0 Å². The van der Waals surface area contributed by atoms with Gasteiger partial charge >= 0.3 is 0 Å². The van der Waals surface area contributed by atoms with Crippen molar-refractivity contribution in [2.45, 2.75) is 26.9 Å². The number of para-hydroxylation sites is 1. The lowest BCUT2D eigenvalue weighted by Crippen LogP contribution is -2.23. The Hall–Kier alpha value is -1.68. The van der Waals surface area contributed by atoms with Crippen LogP contribution in [-0.4, -0.2) is 15.1 Å². The second-order valence-corrected chi connectivity index (χ2v) is 5.24. The molecular formula is C13H16N2O2. The molecule has 0 saturated heterocycles. The molecule has 2 rings (SSSR count). The number of aromatic amines is 1. The van der Waals surface area contributed by atoms with Crippen LogP contribution < -0.4 is 5.56 Å². The van der Waals surface area contributed by atoms with E-state index in [1.54, 1.807) is 18.2 Å². The molecule has 1 atom stereocenters. The van der Waals surface area contributed by atoms with Crippen LogP contribution >= 0.6 is 0 Å². The maximum Gasteiger partial charge on any atom is 0.258 e. The van der Waals surface area contributed by atoms with Crippen molar-refractivity contribution in [1.82, 2.24) is 9.97 Å². The number of H-pyrrole nitrogens is 1. The van der Waals surface area contributed by atoms with Crippen molar-refractivity contribution >= 4 is 10.9 Å². The fraction of sp³-hybridized carbons (Fsp3) is 0.385. The van der Waals surface area contributed by atoms with Crippen molar-refractivity contribution in [2.24, 2.45) is 5.41 Å². The zero-order valence-corrected chi connectivity index (χ0v) is 10.2. The average Bonchev–Trinajstić information content (AvgIpc) is 2.27. The highest BCUT2D eigenvalue weighted by molar-refractivity contribution is 5.77. The molecule has 1 aromatic heterocycles. The van der Waals surface area contributed by atoms with E-state index in [9.17, 15) is 9.90 Å².